The zero-order valence-electron chi connectivity index (χ0n) is 15.0. The molecule has 6 nitrogen and oxygen atoms in total. The van der Waals surface area contributed by atoms with Crippen molar-refractivity contribution in [1.29, 1.82) is 0 Å². The van der Waals surface area contributed by atoms with Gasteiger partial charge in [-0.15, -0.1) is 0 Å². The van der Waals surface area contributed by atoms with E-state index in [1.54, 1.807) is 18.5 Å². The van der Waals surface area contributed by atoms with E-state index in [9.17, 15) is 9.90 Å². The van der Waals surface area contributed by atoms with Crippen LogP contribution in [0.5, 0.6) is 0 Å². The van der Waals surface area contributed by atoms with Crippen molar-refractivity contribution < 1.29 is 14.6 Å². The van der Waals surface area contributed by atoms with Gasteiger partial charge in [0.25, 0.3) is 0 Å². The van der Waals surface area contributed by atoms with E-state index in [4.69, 9.17) is 4.74 Å². The molecule has 0 unspecified atom stereocenters. The third-order valence-corrected chi connectivity index (χ3v) is 5.74. The number of aliphatic hydroxyl groups is 1. The van der Waals surface area contributed by atoms with Crippen LogP contribution in [0.2, 0.25) is 0 Å². The van der Waals surface area contributed by atoms with Gasteiger partial charge in [0.05, 0.1) is 17.5 Å². The smallest absolute Gasteiger partial charge is 0.225 e. The fraction of sp³-hybridized carbons (Fsp3) is 0.684. The lowest BCUT2D eigenvalue weighted by atomic mass is 9.70. The summed E-state index contributed by atoms with van der Waals surface area (Å²) in [5, 5.41) is 14.1. The first-order chi connectivity index (χ1) is 12.1. The Bertz CT molecular complexity index is 562. The summed E-state index contributed by atoms with van der Waals surface area (Å²) in [6.45, 7) is 6.07. The first-order valence-electron chi connectivity index (χ1n) is 9.30. The molecule has 0 aromatic carbocycles. The Morgan fingerprint density at radius 3 is 2.96 bits per heavy atom. The molecule has 2 aliphatic rings. The highest BCUT2D eigenvalue weighted by Gasteiger charge is 2.45. The van der Waals surface area contributed by atoms with Gasteiger partial charge in [0.2, 0.25) is 5.91 Å². The van der Waals surface area contributed by atoms with Crippen LogP contribution in [-0.4, -0.2) is 59.3 Å². The fourth-order valence-electron chi connectivity index (χ4n) is 4.15. The van der Waals surface area contributed by atoms with E-state index in [1.165, 1.54) is 0 Å². The van der Waals surface area contributed by atoms with Gasteiger partial charge in [-0.3, -0.25) is 9.78 Å². The first-order valence-corrected chi connectivity index (χ1v) is 9.30. The van der Waals surface area contributed by atoms with Crippen LogP contribution in [0.15, 0.2) is 24.5 Å². The van der Waals surface area contributed by atoms with Gasteiger partial charge in [-0.25, -0.2) is 0 Å². The molecule has 1 aromatic heterocycles. The van der Waals surface area contributed by atoms with Gasteiger partial charge < -0.3 is 20.1 Å². The number of hydrogen-bond donors (Lipinski definition) is 2. The van der Waals surface area contributed by atoms with Crippen molar-refractivity contribution in [2.45, 2.75) is 38.2 Å². The molecule has 2 atom stereocenters. The number of piperidine rings is 1. The summed E-state index contributed by atoms with van der Waals surface area (Å²) >= 11 is 0. The number of aromatic nitrogens is 1. The summed E-state index contributed by atoms with van der Waals surface area (Å²) in [7, 11) is 0. The van der Waals surface area contributed by atoms with Crippen molar-refractivity contribution in [2.75, 3.05) is 38.2 Å². The second kappa shape index (κ2) is 8.25. The lowest BCUT2D eigenvalue weighted by Crippen LogP contribution is -2.56. The van der Waals surface area contributed by atoms with Crippen LogP contribution in [0, 0.1) is 11.8 Å². The van der Waals surface area contributed by atoms with Gasteiger partial charge in [0.15, 0.2) is 0 Å². The number of ether oxygens (including phenoxy) is 1. The van der Waals surface area contributed by atoms with Crippen LogP contribution >= 0.6 is 0 Å². The van der Waals surface area contributed by atoms with Gasteiger partial charge in [-0.1, -0.05) is 6.92 Å². The first kappa shape index (κ1) is 18.3. The van der Waals surface area contributed by atoms with Crippen molar-refractivity contribution in [1.82, 2.24) is 9.88 Å². The summed E-state index contributed by atoms with van der Waals surface area (Å²) in [5.74, 6) is 0.559. The molecular weight excluding hydrogens is 318 g/mol. The van der Waals surface area contributed by atoms with Gasteiger partial charge in [0, 0.05) is 45.5 Å². The zero-order chi connectivity index (χ0) is 17.7. The van der Waals surface area contributed by atoms with Crippen LogP contribution in [0.1, 0.15) is 32.6 Å². The number of pyridine rings is 1. The number of likely N-dealkylation sites (tertiary alicyclic amines) is 1. The molecule has 25 heavy (non-hydrogen) atoms. The summed E-state index contributed by atoms with van der Waals surface area (Å²) in [6, 6.07) is 3.64. The molecule has 2 aliphatic heterocycles. The maximum Gasteiger partial charge on any atom is 0.225 e. The minimum absolute atomic E-state index is 0.00548. The lowest BCUT2D eigenvalue weighted by molar-refractivity contribution is -0.131. The van der Waals surface area contributed by atoms with Crippen molar-refractivity contribution in [3.8, 4) is 0 Å². The Hall–Kier alpha value is -1.50. The molecule has 3 rings (SSSR count). The largest absolute Gasteiger partial charge is 0.389 e. The normalized spacial score (nSPS) is 28.6. The van der Waals surface area contributed by atoms with Gasteiger partial charge >= 0.3 is 0 Å². The SMILES string of the molecule is C[C@@H]1CN(CCC(=O)Nc2cccnc2)CC[C@@]1(O)C1CCOCC1. The maximum atomic E-state index is 12.1. The summed E-state index contributed by atoms with van der Waals surface area (Å²) in [6.07, 6.45) is 6.47. The number of carbonyl (C=O) groups is 1. The predicted molar refractivity (Wildman–Crippen MR) is 96.2 cm³/mol. The Morgan fingerprint density at radius 1 is 1.48 bits per heavy atom. The molecule has 2 N–H and O–H groups in total. The van der Waals surface area contributed by atoms with Crippen LogP contribution in [-0.2, 0) is 9.53 Å². The monoisotopic (exact) mass is 347 g/mol. The van der Waals surface area contributed by atoms with Crippen LogP contribution in [0.4, 0.5) is 5.69 Å². The second-order valence-electron chi connectivity index (χ2n) is 7.37. The van der Waals surface area contributed by atoms with E-state index in [2.05, 4.69) is 22.1 Å². The zero-order valence-corrected chi connectivity index (χ0v) is 15.0. The van der Waals surface area contributed by atoms with Gasteiger partial charge in [-0.05, 0) is 43.2 Å². The van der Waals surface area contributed by atoms with Gasteiger partial charge in [-0.2, -0.15) is 0 Å². The highest BCUT2D eigenvalue weighted by atomic mass is 16.5. The third kappa shape index (κ3) is 4.57. The number of nitrogens with one attached hydrogen (secondary N) is 1. The molecular formula is C19H29N3O3. The Balaban J connectivity index is 1.45. The fourth-order valence-corrected chi connectivity index (χ4v) is 4.15. The van der Waals surface area contributed by atoms with Gasteiger partial charge in [0.1, 0.15) is 0 Å². The molecule has 0 aliphatic carbocycles. The summed E-state index contributed by atoms with van der Waals surface area (Å²) < 4.78 is 5.44. The maximum absolute atomic E-state index is 12.1. The molecule has 138 valence electrons. The Kier molecular flexibility index (Phi) is 6.04. The molecule has 0 spiro atoms. The van der Waals surface area contributed by atoms with Crippen LogP contribution < -0.4 is 5.32 Å². The minimum Gasteiger partial charge on any atom is -0.389 e. The number of nitrogens with zero attached hydrogens (tertiary/aromatic N) is 2. The molecule has 0 saturated carbocycles. The highest BCUT2D eigenvalue weighted by Crippen LogP contribution is 2.39. The molecule has 2 fully saturated rings. The number of amides is 1. The average molecular weight is 347 g/mol. The van der Waals surface area contributed by atoms with E-state index >= 15 is 0 Å². The Labute approximate surface area is 149 Å². The molecule has 0 radical (unpaired) electrons. The van der Waals surface area contributed by atoms with E-state index < -0.39 is 5.60 Å². The molecule has 3 heterocycles. The van der Waals surface area contributed by atoms with Crippen LogP contribution in [0.25, 0.3) is 0 Å². The van der Waals surface area contributed by atoms with E-state index in [-0.39, 0.29) is 11.8 Å². The lowest BCUT2D eigenvalue weighted by Gasteiger charge is -2.48. The molecule has 1 aromatic rings. The summed E-state index contributed by atoms with van der Waals surface area (Å²) in [4.78, 5) is 18.4. The Morgan fingerprint density at radius 2 is 2.28 bits per heavy atom. The highest BCUT2D eigenvalue weighted by molar-refractivity contribution is 5.90. The van der Waals surface area contributed by atoms with Crippen LogP contribution in [0.3, 0.4) is 0 Å². The quantitative estimate of drug-likeness (QED) is 0.851. The number of hydrogen-bond acceptors (Lipinski definition) is 5. The molecule has 1 amide bonds. The number of carbonyl (C=O) groups excluding carboxylic acids is 1. The summed E-state index contributed by atoms with van der Waals surface area (Å²) in [5.41, 5.74) is 0.145. The second-order valence-corrected chi connectivity index (χ2v) is 7.37. The van der Waals surface area contributed by atoms with E-state index in [0.717, 1.165) is 57.8 Å². The van der Waals surface area contributed by atoms with Crippen molar-refractivity contribution in [3.05, 3.63) is 24.5 Å². The topological polar surface area (TPSA) is 74.7 Å². The third-order valence-electron chi connectivity index (χ3n) is 5.74. The predicted octanol–water partition coefficient (Wildman–Crippen LogP) is 1.91. The molecule has 0 bridgehead atoms. The average Bonchev–Trinajstić information content (AvgIpc) is 2.64. The van der Waals surface area contributed by atoms with Crippen molar-refractivity contribution in [3.63, 3.8) is 0 Å². The molecule has 6 heteroatoms. The van der Waals surface area contributed by atoms with Crippen molar-refractivity contribution in [2.24, 2.45) is 11.8 Å². The number of anilines is 1. The van der Waals surface area contributed by atoms with Crippen molar-refractivity contribution >= 4 is 11.6 Å². The van der Waals surface area contributed by atoms with E-state index in [1.807, 2.05) is 6.07 Å². The standard InChI is InChI=1S/C19H29N3O3/c1-15-14-22(9-4-18(23)21-17-3-2-8-20-13-17)10-7-19(15,24)16-5-11-25-12-6-16/h2-3,8,13,15-16,24H,4-7,9-12,14H2,1H3,(H,21,23)/t15-,19+/m1/s1. The van der Waals surface area contributed by atoms with E-state index in [0.29, 0.717) is 12.3 Å². The minimum atomic E-state index is -0.585. The molecule has 2 saturated heterocycles. The number of rotatable bonds is 5.